The summed E-state index contributed by atoms with van der Waals surface area (Å²) in [6, 6.07) is 18.5. The first-order valence-corrected chi connectivity index (χ1v) is 10.8. The number of anilines is 1. The van der Waals surface area contributed by atoms with E-state index >= 15 is 0 Å². The number of benzene rings is 3. The van der Waals surface area contributed by atoms with E-state index in [1.807, 2.05) is 24.3 Å². The Morgan fingerprint density at radius 2 is 1.50 bits per heavy atom. The van der Waals surface area contributed by atoms with Crippen molar-refractivity contribution in [2.24, 2.45) is 0 Å². The molecular formula is C25H21ClN4O4. The lowest BCUT2D eigenvalue weighted by Gasteiger charge is -2.18. The van der Waals surface area contributed by atoms with Gasteiger partial charge in [0.2, 0.25) is 11.8 Å². The summed E-state index contributed by atoms with van der Waals surface area (Å²) < 4.78 is 5.83. The molecule has 0 spiro atoms. The number of nitrogens with zero attached hydrogens (tertiary/aromatic N) is 3. The molecule has 0 aliphatic rings. The van der Waals surface area contributed by atoms with Gasteiger partial charge in [-0.2, -0.15) is 0 Å². The van der Waals surface area contributed by atoms with Gasteiger partial charge in [0, 0.05) is 28.9 Å². The van der Waals surface area contributed by atoms with Crippen LogP contribution >= 0.6 is 11.6 Å². The highest BCUT2D eigenvalue weighted by atomic mass is 35.5. The number of carbonyl (C=O) groups excluding carboxylic acids is 1. The molecule has 0 unspecified atom stereocenters. The largest absolute Gasteiger partial charge is 0.416 e. The zero-order chi connectivity index (χ0) is 24.5. The van der Waals surface area contributed by atoms with E-state index in [0.29, 0.717) is 23.0 Å². The standard InChI is InChI=1S/C25H21ClN4O4/c1-25(2,3)17-8-4-15(5-9-17)23-28-29-24(34-23)16-6-10-18(11-7-16)27-22(31)20-14-19(30(32)33)12-13-21(20)26/h4-14H,1-3H3,(H,27,31). The maximum Gasteiger partial charge on any atom is 0.270 e. The molecule has 1 aromatic heterocycles. The number of amides is 1. The minimum atomic E-state index is -0.584. The van der Waals surface area contributed by atoms with Gasteiger partial charge in [-0.25, -0.2) is 0 Å². The Bertz CT molecular complexity index is 1360. The van der Waals surface area contributed by atoms with Crippen molar-refractivity contribution in [2.75, 3.05) is 5.32 Å². The molecule has 172 valence electrons. The number of aromatic nitrogens is 2. The molecule has 0 radical (unpaired) electrons. The Balaban J connectivity index is 1.48. The van der Waals surface area contributed by atoms with E-state index in [-0.39, 0.29) is 21.7 Å². The first-order chi connectivity index (χ1) is 16.1. The molecule has 8 nitrogen and oxygen atoms in total. The topological polar surface area (TPSA) is 111 Å². The molecule has 0 bridgehead atoms. The highest BCUT2D eigenvalue weighted by Gasteiger charge is 2.17. The smallest absolute Gasteiger partial charge is 0.270 e. The van der Waals surface area contributed by atoms with Gasteiger partial charge in [-0.15, -0.1) is 10.2 Å². The third-order valence-electron chi connectivity index (χ3n) is 5.22. The lowest BCUT2D eigenvalue weighted by atomic mass is 9.87. The van der Waals surface area contributed by atoms with Crippen LogP contribution in [-0.2, 0) is 5.41 Å². The van der Waals surface area contributed by atoms with Gasteiger partial charge in [0.25, 0.3) is 11.6 Å². The number of halogens is 1. The molecule has 1 heterocycles. The van der Waals surface area contributed by atoms with Gasteiger partial charge < -0.3 is 9.73 Å². The van der Waals surface area contributed by atoms with Crippen molar-refractivity contribution < 1.29 is 14.1 Å². The van der Waals surface area contributed by atoms with Crippen LogP contribution in [-0.4, -0.2) is 21.0 Å². The second-order valence-electron chi connectivity index (χ2n) is 8.69. The van der Waals surface area contributed by atoms with Gasteiger partial charge in [-0.3, -0.25) is 14.9 Å². The van der Waals surface area contributed by atoms with E-state index in [1.54, 1.807) is 24.3 Å². The third kappa shape index (κ3) is 4.97. The Kier molecular flexibility index (Phi) is 6.17. The average Bonchev–Trinajstić information content (AvgIpc) is 3.29. The predicted molar refractivity (Wildman–Crippen MR) is 130 cm³/mol. The first kappa shape index (κ1) is 23.1. The molecule has 1 N–H and O–H groups in total. The Labute approximate surface area is 200 Å². The molecule has 0 atom stereocenters. The van der Waals surface area contributed by atoms with Crippen molar-refractivity contribution in [3.8, 4) is 22.9 Å². The van der Waals surface area contributed by atoms with Crippen LogP contribution in [0.25, 0.3) is 22.9 Å². The summed E-state index contributed by atoms with van der Waals surface area (Å²) in [6.45, 7) is 6.45. The van der Waals surface area contributed by atoms with Crippen LogP contribution in [0.4, 0.5) is 11.4 Å². The Morgan fingerprint density at radius 1 is 0.941 bits per heavy atom. The maximum absolute atomic E-state index is 12.6. The molecule has 0 fully saturated rings. The zero-order valence-corrected chi connectivity index (χ0v) is 19.5. The lowest BCUT2D eigenvalue weighted by Crippen LogP contribution is -2.12. The molecule has 0 aliphatic carbocycles. The van der Waals surface area contributed by atoms with E-state index in [4.69, 9.17) is 16.0 Å². The average molecular weight is 477 g/mol. The monoisotopic (exact) mass is 476 g/mol. The number of carbonyl (C=O) groups is 1. The maximum atomic E-state index is 12.6. The third-order valence-corrected chi connectivity index (χ3v) is 5.55. The molecule has 0 saturated heterocycles. The van der Waals surface area contributed by atoms with E-state index in [1.165, 1.54) is 17.7 Å². The molecule has 34 heavy (non-hydrogen) atoms. The minimum absolute atomic E-state index is 0.0129. The highest BCUT2D eigenvalue weighted by Crippen LogP contribution is 2.28. The van der Waals surface area contributed by atoms with Crippen molar-refractivity contribution >= 4 is 28.9 Å². The fourth-order valence-electron chi connectivity index (χ4n) is 3.26. The number of nitrogens with one attached hydrogen (secondary N) is 1. The van der Waals surface area contributed by atoms with Gasteiger partial charge in [0.1, 0.15) is 0 Å². The summed E-state index contributed by atoms with van der Waals surface area (Å²) in [7, 11) is 0. The van der Waals surface area contributed by atoms with Crippen LogP contribution in [0, 0.1) is 10.1 Å². The molecule has 0 saturated carbocycles. The Hall–Kier alpha value is -4.04. The van der Waals surface area contributed by atoms with Gasteiger partial charge in [-0.05, 0) is 53.4 Å². The molecular weight excluding hydrogens is 456 g/mol. The molecule has 1 amide bonds. The summed E-state index contributed by atoms with van der Waals surface area (Å²) in [6.07, 6.45) is 0. The van der Waals surface area contributed by atoms with E-state index < -0.39 is 10.8 Å². The molecule has 4 aromatic rings. The van der Waals surface area contributed by atoms with Crippen LogP contribution in [0.15, 0.2) is 71.1 Å². The van der Waals surface area contributed by atoms with Crippen molar-refractivity contribution in [1.29, 1.82) is 0 Å². The SMILES string of the molecule is CC(C)(C)c1ccc(-c2nnc(-c3ccc(NC(=O)c4cc([N+](=O)[O-])ccc4Cl)cc3)o2)cc1. The van der Waals surface area contributed by atoms with Gasteiger partial charge in [-0.1, -0.05) is 44.5 Å². The van der Waals surface area contributed by atoms with Gasteiger partial charge >= 0.3 is 0 Å². The van der Waals surface area contributed by atoms with Crippen molar-refractivity contribution in [2.45, 2.75) is 26.2 Å². The molecule has 0 aliphatic heterocycles. The molecule has 4 rings (SSSR count). The van der Waals surface area contributed by atoms with Crippen molar-refractivity contribution in [3.05, 3.63) is 93.0 Å². The van der Waals surface area contributed by atoms with Crippen molar-refractivity contribution in [3.63, 3.8) is 0 Å². The number of hydrogen-bond acceptors (Lipinski definition) is 6. The number of non-ortho nitro benzene ring substituents is 1. The number of hydrogen-bond donors (Lipinski definition) is 1. The number of nitro benzene ring substituents is 1. The van der Waals surface area contributed by atoms with Crippen molar-refractivity contribution in [1.82, 2.24) is 10.2 Å². The zero-order valence-electron chi connectivity index (χ0n) is 18.7. The normalized spacial score (nSPS) is 11.3. The quantitative estimate of drug-likeness (QED) is 0.259. The fraction of sp³-hybridized carbons (Fsp3) is 0.160. The first-order valence-electron chi connectivity index (χ1n) is 10.4. The Morgan fingerprint density at radius 3 is 2.03 bits per heavy atom. The fourth-order valence-corrected chi connectivity index (χ4v) is 3.47. The number of nitro groups is 1. The predicted octanol–water partition coefficient (Wildman–Crippen LogP) is 6.52. The molecule has 3 aromatic carbocycles. The van der Waals surface area contributed by atoms with Gasteiger partial charge in [0.05, 0.1) is 15.5 Å². The van der Waals surface area contributed by atoms with Crippen LogP contribution in [0.1, 0.15) is 36.7 Å². The summed E-state index contributed by atoms with van der Waals surface area (Å²) in [5, 5.41) is 22.0. The van der Waals surface area contributed by atoms with E-state index in [2.05, 4.69) is 36.3 Å². The molecule has 9 heteroatoms. The van der Waals surface area contributed by atoms with Gasteiger partial charge in [0.15, 0.2) is 0 Å². The van der Waals surface area contributed by atoms with Crippen LogP contribution in [0.3, 0.4) is 0 Å². The van der Waals surface area contributed by atoms with E-state index in [9.17, 15) is 14.9 Å². The lowest BCUT2D eigenvalue weighted by molar-refractivity contribution is -0.384. The number of rotatable bonds is 5. The van der Waals surface area contributed by atoms with Crippen LogP contribution in [0.5, 0.6) is 0 Å². The van der Waals surface area contributed by atoms with Crippen LogP contribution < -0.4 is 5.32 Å². The summed E-state index contributed by atoms with van der Waals surface area (Å²) in [5.74, 6) is 0.197. The minimum Gasteiger partial charge on any atom is -0.416 e. The highest BCUT2D eigenvalue weighted by molar-refractivity contribution is 6.34. The summed E-state index contributed by atoms with van der Waals surface area (Å²) in [5.41, 5.74) is 3.04. The summed E-state index contributed by atoms with van der Waals surface area (Å²) >= 11 is 6.04. The second kappa shape index (κ2) is 9.07. The van der Waals surface area contributed by atoms with E-state index in [0.717, 1.165) is 11.6 Å². The second-order valence-corrected chi connectivity index (χ2v) is 9.10. The summed E-state index contributed by atoms with van der Waals surface area (Å²) in [4.78, 5) is 22.9. The van der Waals surface area contributed by atoms with Crippen LogP contribution in [0.2, 0.25) is 5.02 Å².